The van der Waals surface area contributed by atoms with Crippen LogP contribution in [0.3, 0.4) is 0 Å². The van der Waals surface area contributed by atoms with Crippen LogP contribution in [-0.4, -0.2) is 92.3 Å². The molecule has 30 nitrogen and oxygen atoms in total. The zero-order chi connectivity index (χ0) is 97.4. The highest BCUT2D eigenvalue weighted by atomic mass is 32.1. The smallest absolute Gasteiger partial charge is 0.429 e. The average Bonchev–Trinajstić information content (AvgIpc) is 1.60. The summed E-state index contributed by atoms with van der Waals surface area (Å²) in [7, 11) is 4.69. The van der Waals surface area contributed by atoms with Gasteiger partial charge >= 0.3 is 35.5 Å². The minimum absolute atomic E-state index is 0.00937. The predicted octanol–water partition coefficient (Wildman–Crippen LogP) is 24.7. The molecule has 0 saturated heterocycles. The lowest BCUT2D eigenvalue weighted by molar-refractivity contribution is 0.200. The summed E-state index contributed by atoms with van der Waals surface area (Å²) in [5, 5.41) is 0.521. The number of ether oxygens (including phenoxy) is 10. The van der Waals surface area contributed by atoms with Crippen LogP contribution in [0.5, 0.6) is 57.5 Å². The van der Waals surface area contributed by atoms with Crippen LogP contribution < -0.4 is 64.6 Å². The molecule has 38 heteroatoms. The molecule has 139 heavy (non-hydrogen) atoms. The molecule has 0 amide bonds. The fourth-order valence-electron chi connectivity index (χ4n) is 12.9. The van der Waals surface area contributed by atoms with E-state index < -0.39 is 35.5 Å². The molecule has 0 fully saturated rings. The monoisotopic (exact) mass is 2000 g/mol. The van der Waals surface area contributed by atoms with E-state index in [1.807, 2.05) is 152 Å². The van der Waals surface area contributed by atoms with Crippen molar-refractivity contribution in [1.82, 2.24) is 32.0 Å². The van der Waals surface area contributed by atoms with E-state index in [1.54, 1.807) is 243 Å². The van der Waals surface area contributed by atoms with Gasteiger partial charge in [0.2, 0.25) is 0 Å². The number of carbonyl (C=O) groups excluding carboxylic acids is 3. The third-order valence-corrected chi connectivity index (χ3v) is 21.4. The van der Waals surface area contributed by atoms with Crippen molar-refractivity contribution >= 4 is 214 Å². The number of oxazole rings is 7. The Bertz CT molecular complexity index is 7580. The van der Waals surface area contributed by atoms with Crippen LogP contribution in [0.2, 0.25) is 0 Å². The van der Waals surface area contributed by atoms with Crippen LogP contribution in [0.4, 0.5) is 14.4 Å². The third kappa shape index (κ3) is 23.9. The van der Waals surface area contributed by atoms with Crippen LogP contribution >= 0.6 is 97.7 Å². The summed E-state index contributed by atoms with van der Waals surface area (Å²) < 4.78 is 99.1. The van der Waals surface area contributed by atoms with Gasteiger partial charge in [0, 0.05) is 18.2 Å². The normalized spacial score (nSPS) is 10.5. The Labute approximate surface area is 826 Å². The summed E-state index contributed by atoms with van der Waals surface area (Å²) in [6, 6.07) is 107. The second-order valence-electron chi connectivity index (χ2n) is 28.1. The summed E-state index contributed by atoms with van der Waals surface area (Å²) in [6.07, 6.45) is -1.99. The number of fused-ring (bicyclic) bond motifs is 7. The van der Waals surface area contributed by atoms with Gasteiger partial charge in [0.1, 0.15) is 63.0 Å². The van der Waals surface area contributed by atoms with Gasteiger partial charge in [-0.2, -0.15) is 4.57 Å². The molecule has 0 unspecified atom stereocenters. The number of nitrogens with zero attached hydrogens (tertiary/aromatic N) is 7. The van der Waals surface area contributed by atoms with E-state index in [1.165, 1.54) is 18.3 Å². The maximum Gasteiger partial charge on any atom is 0.429 e. The minimum Gasteiger partial charge on any atom is -0.497 e. The standard InChI is InChI=1S/2C15H11NO4S.C15H11NO3S2.C14H9NO4.2C14H9NO3S.C14H9NO2S2/c1-18-11-7-8-12-13(9-11)20-14(17)16(12)15(21)19-10-5-3-2-4-6-10;1-18-11-7-8-12-13(9-11)20-15(21)16(12)14(17)19-10-5-3-2-4-6-10;1-17-11-7-8-12-13(9-11)19-15(21)16(12)14(20)18-10-5-3-2-4-6-10;16-13(18-10-6-2-1-3-7-10)15-11-8-4-5-9-12(11)19-14(15)17;16-13-15(11-8-4-5-9-12(11)18-13)14(19)17-10-6-2-1-3-7-10;16-13(17-10-6-2-1-3-7-10)15-11-8-4-5-9-12(11)18-14(15)19;18-13(16-10-6-2-1-3-7-10)15-11-8-4-5-9-12(11)17-14(15)19/h3*2-9H,1H3;4*1-9H. The van der Waals surface area contributed by atoms with Crippen molar-refractivity contribution in [2.75, 3.05) is 21.3 Å². The van der Waals surface area contributed by atoms with Crippen molar-refractivity contribution in [3.63, 3.8) is 0 Å². The van der Waals surface area contributed by atoms with Crippen LogP contribution in [-0.2, 0) is 0 Å². The summed E-state index contributed by atoms with van der Waals surface area (Å²) in [6.45, 7) is 0. The van der Waals surface area contributed by atoms with Gasteiger partial charge in [-0.1, -0.05) is 176 Å². The van der Waals surface area contributed by atoms with E-state index in [0.717, 1.165) is 15.6 Å². The van der Waals surface area contributed by atoms with Gasteiger partial charge in [0.15, 0.2) is 39.1 Å². The van der Waals surface area contributed by atoms with Crippen LogP contribution in [0.15, 0.2) is 409 Å². The largest absolute Gasteiger partial charge is 0.497 e. The zero-order valence-corrected chi connectivity index (χ0v) is 79.0. The topological polar surface area (TPSA) is 321 Å². The number of benzene rings is 14. The lowest BCUT2D eigenvalue weighted by Crippen LogP contribution is -2.26. The van der Waals surface area contributed by atoms with Crippen molar-refractivity contribution in [3.8, 4) is 57.5 Å². The van der Waals surface area contributed by atoms with E-state index in [-0.39, 0.29) is 40.0 Å². The molecule has 0 spiro atoms. The van der Waals surface area contributed by atoms with Gasteiger partial charge < -0.3 is 78.3 Å². The highest BCUT2D eigenvalue weighted by Gasteiger charge is 2.23. The molecule has 0 radical (unpaired) electrons. The zero-order valence-electron chi connectivity index (χ0n) is 72.4. The number of aromatic nitrogens is 7. The summed E-state index contributed by atoms with van der Waals surface area (Å²) in [5.41, 5.74) is 7.67. The molecule has 0 aliphatic heterocycles. The highest BCUT2D eigenvalue weighted by Crippen LogP contribution is 2.30. The van der Waals surface area contributed by atoms with Crippen molar-refractivity contribution in [1.29, 1.82) is 0 Å². The van der Waals surface area contributed by atoms with E-state index in [9.17, 15) is 28.8 Å². The van der Waals surface area contributed by atoms with E-state index in [2.05, 4.69) is 0 Å². The van der Waals surface area contributed by atoms with Crippen molar-refractivity contribution in [2.45, 2.75) is 0 Å². The number of methoxy groups -OCH3 is 3. The third-order valence-electron chi connectivity index (χ3n) is 19.2. The minimum atomic E-state index is -0.791. The second kappa shape index (κ2) is 45.8. The van der Waals surface area contributed by atoms with Gasteiger partial charge in [-0.3, -0.25) is 0 Å². The molecule has 0 atom stereocenters. The lowest BCUT2D eigenvalue weighted by atomic mass is 10.3. The number of hydrogen-bond acceptors (Lipinski definition) is 31. The van der Waals surface area contributed by atoms with Crippen LogP contribution in [0, 0.1) is 19.3 Å². The van der Waals surface area contributed by atoms with Gasteiger partial charge in [-0.05, 0) is 268 Å². The number of thiocarbonyl (C=S) groups is 4. The summed E-state index contributed by atoms with van der Waals surface area (Å²) in [5.74, 6) is 3.69. The van der Waals surface area contributed by atoms with Gasteiger partial charge in [0.25, 0.3) is 40.0 Å². The highest BCUT2D eigenvalue weighted by molar-refractivity contribution is 7.80. The molecule has 694 valence electrons. The lowest BCUT2D eigenvalue weighted by Gasteiger charge is -2.07. The predicted molar refractivity (Wildman–Crippen MR) is 545 cm³/mol. The Balaban J connectivity index is 0.000000123. The first kappa shape index (κ1) is 96.6. The van der Waals surface area contributed by atoms with Gasteiger partial charge in [0.05, 0.1) is 54.4 Å². The molecule has 21 aromatic rings. The Morgan fingerprint density at radius 2 is 0.388 bits per heavy atom. The molecule has 21 rings (SSSR count). The van der Waals surface area contributed by atoms with Crippen molar-refractivity contribution < 1.29 is 92.7 Å². The SMILES string of the molecule is COc1ccc2c(c1)oc(=O)n2C(=S)Oc1ccccc1.COc1ccc2c(c1)oc(=S)n2C(=O)Oc1ccccc1.COc1ccc2c(c1)oc(=S)n2C(=S)Oc1ccccc1.O=C(Oc1ccccc1)n1c(=O)oc2ccccc21.O=C(Oc1ccccc1)n1c(=S)oc2ccccc21.O=c1oc2ccccc2n1C(=S)Oc1ccccc1.S=C(Oc1ccccc1)n1c(=S)oc2ccccc21. The molecular formula is C101H69N7O23S8. The maximum atomic E-state index is 12.2. The van der Waals surface area contributed by atoms with Crippen LogP contribution in [0.1, 0.15) is 0 Å². The molecule has 0 saturated carbocycles. The van der Waals surface area contributed by atoms with Crippen molar-refractivity contribution in [3.05, 3.63) is 415 Å². The van der Waals surface area contributed by atoms with E-state index >= 15 is 0 Å². The molecule has 0 aliphatic rings. The fraction of sp³-hybridized carbons (Fsp3) is 0.0297. The summed E-state index contributed by atoms with van der Waals surface area (Å²) >= 11 is 41.4. The van der Waals surface area contributed by atoms with Crippen LogP contribution in [0.25, 0.3) is 77.7 Å². The Hall–Kier alpha value is -17.0. The molecule has 0 aliphatic carbocycles. The molecule has 0 N–H and O–H groups in total. The second-order valence-corrected chi connectivity index (χ2v) is 30.9. The number of rotatable bonds is 10. The maximum absolute atomic E-state index is 12.2. The molecule has 14 aromatic carbocycles. The Morgan fingerprint density at radius 3 is 0.691 bits per heavy atom. The molecule has 7 aromatic heterocycles. The quantitative estimate of drug-likeness (QED) is 0.115. The molecule has 7 heterocycles. The average molecular weight is 2010 g/mol. The first-order chi connectivity index (χ1) is 67.6. The first-order valence-electron chi connectivity index (χ1n) is 41.0. The number of hydrogen-bond donors (Lipinski definition) is 0. The number of carbonyl (C=O) groups is 3. The van der Waals surface area contributed by atoms with E-state index in [4.69, 9.17) is 176 Å². The Kier molecular flexibility index (Phi) is 31.9. The van der Waals surface area contributed by atoms with Gasteiger partial charge in [-0.15, -0.1) is 0 Å². The molecule has 0 bridgehead atoms. The Morgan fingerprint density at radius 1 is 0.201 bits per heavy atom. The van der Waals surface area contributed by atoms with Crippen molar-refractivity contribution in [2.24, 2.45) is 0 Å². The van der Waals surface area contributed by atoms with Gasteiger partial charge in [-0.25, -0.2) is 56.2 Å². The molecular weight excluding hydrogens is 1940 g/mol. The first-order valence-corrected chi connectivity index (χ1v) is 44.3. The number of para-hydroxylation sites is 15. The fourth-order valence-corrected chi connectivity index (χ4v) is 15.2. The summed E-state index contributed by atoms with van der Waals surface area (Å²) in [4.78, 5) is 72.4. The van der Waals surface area contributed by atoms with E-state index in [0.29, 0.717) is 124 Å².